The highest BCUT2D eigenvalue weighted by atomic mass is 32.2. The molecular weight excluding hydrogens is 520 g/mol. The molecule has 0 aliphatic rings. The Hall–Kier alpha value is -2.72. The summed E-state index contributed by atoms with van der Waals surface area (Å²) in [6, 6.07) is 5.77. The monoisotopic (exact) mass is 556 g/mol. The maximum absolute atomic E-state index is 13.1. The van der Waals surface area contributed by atoms with Gasteiger partial charge in [0, 0.05) is 45.5 Å². The van der Waals surface area contributed by atoms with Crippen LogP contribution in [0.4, 0.5) is 11.4 Å². The molecule has 13 nitrogen and oxygen atoms in total. The molecule has 2 N–H and O–H groups in total. The van der Waals surface area contributed by atoms with Gasteiger partial charge in [0.2, 0.25) is 10.0 Å². The molecule has 38 heavy (non-hydrogen) atoms. The van der Waals surface area contributed by atoms with E-state index in [0.717, 1.165) is 4.57 Å². The Morgan fingerprint density at radius 1 is 0.947 bits per heavy atom. The number of sulfonamides is 1. The van der Waals surface area contributed by atoms with Gasteiger partial charge in [-0.15, -0.1) is 5.11 Å². The van der Waals surface area contributed by atoms with E-state index < -0.39 is 15.6 Å². The van der Waals surface area contributed by atoms with Gasteiger partial charge in [-0.25, -0.2) is 8.42 Å². The highest BCUT2D eigenvalue weighted by Crippen LogP contribution is 2.28. The third kappa shape index (κ3) is 8.14. The van der Waals surface area contributed by atoms with Crippen LogP contribution < -0.4 is 5.56 Å². The van der Waals surface area contributed by atoms with Crippen LogP contribution in [-0.4, -0.2) is 95.0 Å². The van der Waals surface area contributed by atoms with E-state index in [2.05, 4.69) is 10.2 Å². The molecule has 0 fully saturated rings. The molecule has 0 spiro atoms. The number of azo groups is 1. The van der Waals surface area contributed by atoms with Crippen LogP contribution in [0.15, 0.2) is 44.2 Å². The van der Waals surface area contributed by atoms with Crippen molar-refractivity contribution >= 4 is 21.4 Å². The number of aliphatic hydroxyl groups is 1. The molecule has 0 amide bonds. The maximum atomic E-state index is 13.1. The topological polar surface area (TPSA) is 161 Å². The largest absolute Gasteiger partial charge is 0.494 e. The van der Waals surface area contributed by atoms with E-state index in [4.69, 9.17) is 24.1 Å². The lowest BCUT2D eigenvalue weighted by Crippen LogP contribution is -2.36. The zero-order valence-corrected chi connectivity index (χ0v) is 22.9. The van der Waals surface area contributed by atoms with Crippen LogP contribution >= 0.6 is 0 Å². The third-order valence-corrected chi connectivity index (χ3v) is 7.50. The Labute approximate surface area is 222 Å². The summed E-state index contributed by atoms with van der Waals surface area (Å²) < 4.78 is 49.0. The second kappa shape index (κ2) is 15.6. The van der Waals surface area contributed by atoms with E-state index in [1.807, 2.05) is 0 Å². The average molecular weight is 557 g/mol. The number of hydrogen-bond donors (Lipinski definition) is 2. The summed E-state index contributed by atoms with van der Waals surface area (Å²) in [5.41, 5.74) is 0.471. The van der Waals surface area contributed by atoms with Crippen LogP contribution in [0, 0.1) is 6.92 Å². The normalized spacial score (nSPS) is 12.2. The van der Waals surface area contributed by atoms with Gasteiger partial charge in [-0.2, -0.15) is 9.42 Å². The van der Waals surface area contributed by atoms with Gasteiger partial charge < -0.3 is 29.2 Å². The van der Waals surface area contributed by atoms with Crippen molar-refractivity contribution in [3.05, 3.63) is 45.7 Å². The molecule has 212 valence electrons. The quantitative estimate of drug-likeness (QED) is 0.218. The maximum Gasteiger partial charge on any atom is 0.281 e. The van der Waals surface area contributed by atoms with Gasteiger partial charge in [-0.3, -0.25) is 9.36 Å². The molecule has 0 aliphatic carbocycles. The number of pyridine rings is 1. The molecule has 0 aliphatic heterocycles. The fourth-order valence-corrected chi connectivity index (χ4v) is 4.91. The lowest BCUT2D eigenvalue weighted by Gasteiger charge is -2.21. The summed E-state index contributed by atoms with van der Waals surface area (Å²) in [5, 5.41) is 27.7. The van der Waals surface area contributed by atoms with Gasteiger partial charge in [0.1, 0.15) is 0 Å². The van der Waals surface area contributed by atoms with Crippen molar-refractivity contribution in [2.75, 3.05) is 67.5 Å². The second-order valence-corrected chi connectivity index (χ2v) is 10.0. The summed E-state index contributed by atoms with van der Waals surface area (Å²) in [6.45, 7) is 2.52. The number of methoxy groups -OCH3 is 3. The lowest BCUT2D eigenvalue weighted by molar-refractivity contribution is 0.0853. The Balaban J connectivity index is 2.37. The molecule has 0 bridgehead atoms. The van der Waals surface area contributed by atoms with Crippen LogP contribution in [-0.2, 0) is 42.1 Å². The van der Waals surface area contributed by atoms with Gasteiger partial charge in [-0.05, 0) is 31.2 Å². The predicted octanol–water partition coefficient (Wildman–Crippen LogP) is 1.72. The Morgan fingerprint density at radius 3 is 2.13 bits per heavy atom. The van der Waals surface area contributed by atoms with Crippen LogP contribution in [0.25, 0.3) is 0 Å². The average Bonchev–Trinajstić information content (AvgIpc) is 2.91. The predicted molar refractivity (Wildman–Crippen MR) is 139 cm³/mol. The molecule has 2 aromatic rings. The fourth-order valence-electron chi connectivity index (χ4n) is 3.50. The standard InChI is InChI=1S/C24H36N4O9S/c1-18-21(17-36-4)22(24(31)28(23(18)30)11-15-37-16-12-29)26-25-19-5-7-20(8-6-19)38(32,33)27(9-13-34-2)10-14-35-3/h5-8,29-30H,9-17H2,1-4H3. The van der Waals surface area contributed by atoms with Crippen LogP contribution in [0.2, 0.25) is 0 Å². The van der Waals surface area contributed by atoms with Gasteiger partial charge in [-0.1, -0.05) is 0 Å². The van der Waals surface area contributed by atoms with Crippen molar-refractivity contribution in [3.8, 4) is 5.88 Å². The number of aromatic hydroxyl groups is 1. The summed E-state index contributed by atoms with van der Waals surface area (Å²) in [5.74, 6) is -0.241. The highest BCUT2D eigenvalue weighted by molar-refractivity contribution is 7.89. The second-order valence-electron chi connectivity index (χ2n) is 8.09. The molecule has 1 aromatic carbocycles. The molecule has 2 rings (SSSR count). The first-order valence-electron chi connectivity index (χ1n) is 11.9. The zero-order chi connectivity index (χ0) is 28.1. The Kier molecular flexibility index (Phi) is 13.0. The van der Waals surface area contributed by atoms with Crippen molar-refractivity contribution in [2.24, 2.45) is 10.2 Å². The lowest BCUT2D eigenvalue weighted by atomic mass is 10.1. The first-order chi connectivity index (χ1) is 18.2. The fraction of sp³-hybridized carbons (Fsp3) is 0.542. The summed E-state index contributed by atoms with van der Waals surface area (Å²) >= 11 is 0. The highest BCUT2D eigenvalue weighted by Gasteiger charge is 2.24. The minimum Gasteiger partial charge on any atom is -0.494 e. The number of benzene rings is 1. The van der Waals surface area contributed by atoms with Crippen molar-refractivity contribution in [3.63, 3.8) is 0 Å². The van der Waals surface area contributed by atoms with Crippen molar-refractivity contribution in [1.29, 1.82) is 0 Å². The van der Waals surface area contributed by atoms with Gasteiger partial charge in [0.15, 0.2) is 11.6 Å². The Morgan fingerprint density at radius 2 is 1.58 bits per heavy atom. The van der Waals surface area contributed by atoms with Crippen molar-refractivity contribution < 1.29 is 37.6 Å². The minimum absolute atomic E-state index is 0.0147. The molecule has 14 heteroatoms. The smallest absolute Gasteiger partial charge is 0.281 e. The minimum atomic E-state index is -3.80. The van der Waals surface area contributed by atoms with Crippen LogP contribution in [0.3, 0.4) is 0 Å². The van der Waals surface area contributed by atoms with E-state index in [0.29, 0.717) is 16.8 Å². The SMILES string of the molecule is COCCN(CCOC)S(=O)(=O)c1ccc(N=Nc2c(COC)c(C)c(O)n(CCOCCO)c2=O)cc1. The molecule has 1 aromatic heterocycles. The van der Waals surface area contributed by atoms with E-state index in [9.17, 15) is 18.3 Å². The number of rotatable bonds is 17. The van der Waals surface area contributed by atoms with Crippen LogP contribution in [0.5, 0.6) is 5.88 Å². The van der Waals surface area contributed by atoms with Gasteiger partial charge >= 0.3 is 0 Å². The molecule has 0 radical (unpaired) electrons. The van der Waals surface area contributed by atoms with E-state index in [1.165, 1.54) is 49.9 Å². The molecular formula is C24H36N4O9S. The summed E-state index contributed by atoms with van der Waals surface area (Å²) in [7, 11) is 0.637. The van der Waals surface area contributed by atoms with Crippen molar-refractivity contribution in [2.45, 2.75) is 25.0 Å². The van der Waals surface area contributed by atoms with E-state index in [1.54, 1.807) is 6.92 Å². The summed E-state index contributed by atoms with van der Waals surface area (Å²) in [4.78, 5) is 13.2. The van der Waals surface area contributed by atoms with Gasteiger partial charge in [0.05, 0.1) is 56.8 Å². The summed E-state index contributed by atoms with van der Waals surface area (Å²) in [6.07, 6.45) is 0. The number of nitrogens with zero attached hydrogens (tertiary/aromatic N) is 4. The number of aliphatic hydroxyl groups excluding tert-OH is 1. The van der Waals surface area contributed by atoms with Gasteiger partial charge in [0.25, 0.3) is 5.56 Å². The molecule has 0 atom stereocenters. The number of ether oxygens (including phenoxy) is 4. The third-order valence-electron chi connectivity index (χ3n) is 5.59. The molecule has 0 unspecified atom stereocenters. The zero-order valence-electron chi connectivity index (χ0n) is 22.1. The van der Waals surface area contributed by atoms with Crippen molar-refractivity contribution in [1.82, 2.24) is 8.87 Å². The first-order valence-corrected chi connectivity index (χ1v) is 13.3. The van der Waals surface area contributed by atoms with E-state index in [-0.39, 0.29) is 75.7 Å². The molecule has 0 saturated heterocycles. The Bertz CT molecular complexity index is 1210. The molecule has 0 saturated carbocycles. The number of aromatic nitrogens is 1. The van der Waals surface area contributed by atoms with E-state index >= 15 is 0 Å². The van der Waals surface area contributed by atoms with Crippen LogP contribution in [0.1, 0.15) is 11.1 Å². The first kappa shape index (κ1) is 31.5. The molecule has 1 heterocycles. The number of hydrogen-bond acceptors (Lipinski definition) is 11.